The van der Waals surface area contributed by atoms with Crippen LogP contribution in [0.25, 0.3) is 0 Å². The fraction of sp³-hybridized carbons (Fsp3) is 0.364. The monoisotopic (exact) mass is 352 g/mol. The largest absolute Gasteiger partial charge is 0.494 e. The van der Waals surface area contributed by atoms with E-state index in [1.165, 1.54) is 5.56 Å². The molecule has 0 saturated carbocycles. The molecule has 0 unspecified atom stereocenters. The highest BCUT2D eigenvalue weighted by Crippen LogP contribution is 2.22. The lowest BCUT2D eigenvalue weighted by molar-refractivity contribution is -0.120. The summed E-state index contributed by atoms with van der Waals surface area (Å²) in [7, 11) is 0. The third-order valence-electron chi connectivity index (χ3n) is 4.12. The van der Waals surface area contributed by atoms with Crippen LogP contribution in [0, 0.1) is 0 Å². The lowest BCUT2D eigenvalue weighted by atomic mass is 9.86. The van der Waals surface area contributed by atoms with Crippen molar-refractivity contribution in [3.05, 3.63) is 65.2 Å². The number of hydrogen-bond acceptors (Lipinski definition) is 3. The summed E-state index contributed by atoms with van der Waals surface area (Å²) in [5.41, 5.74) is 6.68. The van der Waals surface area contributed by atoms with Crippen LogP contribution in [0.2, 0.25) is 0 Å². The van der Waals surface area contributed by atoms with Gasteiger partial charge in [-0.25, -0.2) is 5.43 Å². The third kappa shape index (κ3) is 5.73. The minimum absolute atomic E-state index is 0.111. The highest BCUT2D eigenvalue weighted by Gasteiger charge is 2.13. The van der Waals surface area contributed by atoms with E-state index in [1.807, 2.05) is 50.2 Å². The summed E-state index contributed by atoms with van der Waals surface area (Å²) in [6, 6.07) is 15.8. The normalized spacial score (nSPS) is 12.0. The number of carbonyl (C=O) groups excluding carboxylic acids is 1. The van der Waals surface area contributed by atoms with Gasteiger partial charge in [0.15, 0.2) is 0 Å². The Balaban J connectivity index is 1.93. The van der Waals surface area contributed by atoms with Crippen LogP contribution in [0.1, 0.15) is 51.3 Å². The van der Waals surface area contributed by atoms with Crippen LogP contribution in [-0.4, -0.2) is 18.2 Å². The van der Waals surface area contributed by atoms with Gasteiger partial charge in [0, 0.05) is 0 Å². The Kier molecular flexibility index (Phi) is 6.56. The van der Waals surface area contributed by atoms with Gasteiger partial charge >= 0.3 is 0 Å². The predicted octanol–water partition coefficient (Wildman–Crippen LogP) is 4.47. The molecule has 0 radical (unpaired) electrons. The van der Waals surface area contributed by atoms with Gasteiger partial charge in [-0.1, -0.05) is 45.0 Å². The first-order valence-electron chi connectivity index (χ1n) is 8.95. The van der Waals surface area contributed by atoms with E-state index in [-0.39, 0.29) is 11.3 Å². The predicted molar refractivity (Wildman–Crippen MR) is 107 cm³/mol. The molecule has 4 heteroatoms. The molecule has 0 fully saturated rings. The Morgan fingerprint density at radius 2 is 1.65 bits per heavy atom. The molecule has 138 valence electrons. The van der Waals surface area contributed by atoms with E-state index < -0.39 is 0 Å². The number of ether oxygens (including phenoxy) is 1. The van der Waals surface area contributed by atoms with Crippen molar-refractivity contribution in [2.24, 2.45) is 5.10 Å². The third-order valence-corrected chi connectivity index (χ3v) is 4.12. The fourth-order valence-corrected chi connectivity index (χ4v) is 2.52. The van der Waals surface area contributed by atoms with Crippen LogP contribution in [-0.2, 0) is 16.6 Å². The SMILES string of the molecule is CCOc1ccc(/C(C)=N\NC(=O)Cc2ccc(C(C)(C)C)cc2)cc1. The molecule has 2 rings (SSSR count). The number of hydrazone groups is 1. The van der Waals surface area contributed by atoms with Crippen molar-refractivity contribution in [2.75, 3.05) is 6.61 Å². The number of carbonyl (C=O) groups is 1. The Hall–Kier alpha value is -2.62. The molecule has 1 amide bonds. The second-order valence-corrected chi connectivity index (χ2v) is 7.31. The zero-order valence-corrected chi connectivity index (χ0v) is 16.3. The van der Waals surface area contributed by atoms with Gasteiger partial charge in [-0.2, -0.15) is 5.10 Å². The molecule has 0 aliphatic heterocycles. The van der Waals surface area contributed by atoms with Gasteiger partial charge < -0.3 is 4.74 Å². The second-order valence-electron chi connectivity index (χ2n) is 7.31. The van der Waals surface area contributed by atoms with Crippen molar-refractivity contribution >= 4 is 11.6 Å². The molecule has 2 aromatic rings. The van der Waals surface area contributed by atoms with Crippen LogP contribution in [0.4, 0.5) is 0 Å². The number of nitrogens with zero attached hydrogens (tertiary/aromatic N) is 1. The average Bonchev–Trinajstić information content (AvgIpc) is 2.60. The first-order chi connectivity index (χ1) is 12.3. The van der Waals surface area contributed by atoms with Gasteiger partial charge in [-0.05, 0) is 60.2 Å². The summed E-state index contributed by atoms with van der Waals surface area (Å²) >= 11 is 0. The van der Waals surface area contributed by atoms with Gasteiger partial charge in [0.25, 0.3) is 0 Å². The standard InChI is InChI=1S/C22H28N2O2/c1-6-26-20-13-9-18(10-14-20)16(2)23-24-21(25)15-17-7-11-19(12-8-17)22(3,4)5/h7-14H,6,15H2,1-5H3,(H,24,25)/b23-16-. The minimum atomic E-state index is -0.126. The summed E-state index contributed by atoms with van der Waals surface area (Å²) in [6.07, 6.45) is 0.310. The molecule has 4 nitrogen and oxygen atoms in total. The van der Waals surface area contributed by atoms with Crippen LogP contribution in [0.5, 0.6) is 5.75 Å². The number of rotatable bonds is 6. The molecule has 0 aliphatic rings. The van der Waals surface area contributed by atoms with Crippen LogP contribution < -0.4 is 10.2 Å². The number of benzene rings is 2. The summed E-state index contributed by atoms with van der Waals surface area (Å²) < 4.78 is 5.42. The van der Waals surface area contributed by atoms with E-state index in [0.717, 1.165) is 22.6 Å². The van der Waals surface area contributed by atoms with E-state index in [2.05, 4.69) is 43.4 Å². The van der Waals surface area contributed by atoms with Crippen molar-refractivity contribution in [2.45, 2.75) is 46.5 Å². The molecule has 0 spiro atoms. The number of hydrogen-bond donors (Lipinski definition) is 1. The fourth-order valence-electron chi connectivity index (χ4n) is 2.52. The molecular weight excluding hydrogens is 324 g/mol. The Morgan fingerprint density at radius 1 is 1.04 bits per heavy atom. The van der Waals surface area contributed by atoms with Gasteiger partial charge in [0.2, 0.25) is 5.91 Å². The van der Waals surface area contributed by atoms with Gasteiger partial charge in [-0.15, -0.1) is 0 Å². The quantitative estimate of drug-likeness (QED) is 0.616. The topological polar surface area (TPSA) is 50.7 Å². The first kappa shape index (κ1) is 19.7. The number of amides is 1. The average molecular weight is 352 g/mol. The highest BCUT2D eigenvalue weighted by atomic mass is 16.5. The molecule has 0 aromatic heterocycles. The summed E-state index contributed by atoms with van der Waals surface area (Å²) in [4.78, 5) is 12.1. The van der Waals surface area contributed by atoms with Crippen molar-refractivity contribution in [1.29, 1.82) is 0 Å². The van der Waals surface area contributed by atoms with E-state index >= 15 is 0 Å². The lowest BCUT2D eigenvalue weighted by Crippen LogP contribution is -2.21. The van der Waals surface area contributed by atoms with Crippen molar-refractivity contribution in [1.82, 2.24) is 5.43 Å². The first-order valence-corrected chi connectivity index (χ1v) is 8.95. The Bertz CT molecular complexity index is 754. The molecule has 2 aromatic carbocycles. The van der Waals surface area contributed by atoms with Gasteiger partial charge in [-0.3, -0.25) is 4.79 Å². The van der Waals surface area contributed by atoms with Crippen molar-refractivity contribution < 1.29 is 9.53 Å². The van der Waals surface area contributed by atoms with Crippen LogP contribution in [0.3, 0.4) is 0 Å². The molecule has 0 saturated heterocycles. The molecular formula is C22H28N2O2. The van der Waals surface area contributed by atoms with Gasteiger partial charge in [0.05, 0.1) is 18.7 Å². The molecule has 0 bridgehead atoms. The summed E-state index contributed by atoms with van der Waals surface area (Å²) in [5, 5.41) is 4.20. The lowest BCUT2D eigenvalue weighted by Gasteiger charge is -2.19. The van der Waals surface area contributed by atoms with Crippen molar-refractivity contribution in [3.8, 4) is 5.75 Å². The molecule has 1 N–H and O–H groups in total. The van der Waals surface area contributed by atoms with E-state index in [9.17, 15) is 4.79 Å². The smallest absolute Gasteiger partial charge is 0.244 e. The molecule has 0 atom stereocenters. The zero-order chi connectivity index (χ0) is 19.2. The molecule has 0 heterocycles. The molecule has 0 aliphatic carbocycles. The van der Waals surface area contributed by atoms with Crippen molar-refractivity contribution in [3.63, 3.8) is 0 Å². The van der Waals surface area contributed by atoms with E-state index in [4.69, 9.17) is 4.74 Å². The molecule has 26 heavy (non-hydrogen) atoms. The summed E-state index contributed by atoms with van der Waals surface area (Å²) in [6.45, 7) is 11.0. The van der Waals surface area contributed by atoms with Crippen LogP contribution >= 0.6 is 0 Å². The minimum Gasteiger partial charge on any atom is -0.494 e. The number of nitrogens with one attached hydrogen (secondary N) is 1. The van der Waals surface area contributed by atoms with E-state index in [1.54, 1.807) is 0 Å². The maximum atomic E-state index is 12.1. The summed E-state index contributed by atoms with van der Waals surface area (Å²) in [5.74, 6) is 0.700. The van der Waals surface area contributed by atoms with Gasteiger partial charge in [0.1, 0.15) is 5.75 Å². The highest BCUT2D eigenvalue weighted by molar-refractivity contribution is 5.99. The maximum absolute atomic E-state index is 12.1. The Labute approximate surface area is 156 Å². The maximum Gasteiger partial charge on any atom is 0.244 e. The Morgan fingerprint density at radius 3 is 2.19 bits per heavy atom. The zero-order valence-electron chi connectivity index (χ0n) is 16.3. The van der Waals surface area contributed by atoms with Crippen LogP contribution in [0.15, 0.2) is 53.6 Å². The second kappa shape index (κ2) is 8.65. The van der Waals surface area contributed by atoms with E-state index in [0.29, 0.717) is 13.0 Å².